The predicted molar refractivity (Wildman–Crippen MR) is 136 cm³/mol. The molecular weight excluding hydrogens is 520 g/mol. The summed E-state index contributed by atoms with van der Waals surface area (Å²) in [5.41, 5.74) is 0.802. The third-order valence-electron chi connectivity index (χ3n) is 7.24. The summed E-state index contributed by atoms with van der Waals surface area (Å²) < 4.78 is 38.1. The summed E-state index contributed by atoms with van der Waals surface area (Å²) in [4.78, 5) is 28.3. The zero-order chi connectivity index (χ0) is 25.4. The topological polar surface area (TPSA) is 75.0 Å². The van der Waals surface area contributed by atoms with E-state index in [1.807, 2.05) is 28.6 Å². The molecule has 0 spiro atoms. The molecule has 37 heavy (non-hydrogen) atoms. The number of thiophene rings is 1. The number of rotatable bonds is 1. The van der Waals surface area contributed by atoms with Gasteiger partial charge in [-0.25, -0.2) is 8.78 Å². The van der Waals surface area contributed by atoms with Crippen LogP contribution in [-0.4, -0.2) is 46.5 Å². The van der Waals surface area contributed by atoms with Gasteiger partial charge in [0.1, 0.15) is 6.17 Å². The molecule has 1 amide bonds. The van der Waals surface area contributed by atoms with Crippen molar-refractivity contribution in [3.63, 3.8) is 0 Å². The van der Waals surface area contributed by atoms with Gasteiger partial charge in [-0.3, -0.25) is 19.3 Å². The summed E-state index contributed by atoms with van der Waals surface area (Å²) >= 11 is 3.04. The second-order valence-electron chi connectivity index (χ2n) is 9.09. The van der Waals surface area contributed by atoms with Crippen molar-refractivity contribution in [3.8, 4) is 5.75 Å². The molecule has 1 saturated heterocycles. The standard InChI is InChI=1S/C26H19F2N3O4S2/c27-17-3-1-13-16(21(17)28)12-37-25-14-6-10-36-19(14)4-2-15(25)22(13)31-20-11-35-9-8-29(20)26(34)23-24(33)18(32)5-7-30(23)31/h1-7,10,20,22,33H,8-9,11-12H2/t20-,22-/m1/s1. The molecule has 0 unspecified atom stereocenters. The van der Waals surface area contributed by atoms with E-state index < -0.39 is 40.9 Å². The van der Waals surface area contributed by atoms with Crippen molar-refractivity contribution >= 4 is 39.1 Å². The number of pyridine rings is 1. The number of amides is 1. The van der Waals surface area contributed by atoms with Gasteiger partial charge >= 0.3 is 0 Å². The Morgan fingerprint density at radius 3 is 2.76 bits per heavy atom. The lowest BCUT2D eigenvalue weighted by Crippen LogP contribution is -2.66. The minimum Gasteiger partial charge on any atom is -0.502 e. The first-order chi connectivity index (χ1) is 18.0. The summed E-state index contributed by atoms with van der Waals surface area (Å²) in [5.74, 6) is -2.75. The summed E-state index contributed by atoms with van der Waals surface area (Å²) in [6, 6.07) is 9.22. The fourth-order valence-electron chi connectivity index (χ4n) is 5.55. The highest BCUT2D eigenvalue weighted by Crippen LogP contribution is 2.48. The van der Waals surface area contributed by atoms with Gasteiger partial charge in [0.05, 0.1) is 19.3 Å². The van der Waals surface area contributed by atoms with E-state index in [-0.39, 0.29) is 30.2 Å². The molecule has 0 saturated carbocycles. The summed E-state index contributed by atoms with van der Waals surface area (Å²) in [7, 11) is 0. The van der Waals surface area contributed by atoms with Gasteiger partial charge in [0, 0.05) is 45.1 Å². The lowest BCUT2D eigenvalue weighted by Gasteiger charge is -2.51. The molecule has 2 aromatic heterocycles. The van der Waals surface area contributed by atoms with Crippen LogP contribution in [0.25, 0.3) is 10.1 Å². The Bertz CT molecular complexity index is 1670. The molecule has 188 valence electrons. The lowest BCUT2D eigenvalue weighted by atomic mass is 9.92. The van der Waals surface area contributed by atoms with Gasteiger partial charge in [-0.1, -0.05) is 12.1 Å². The van der Waals surface area contributed by atoms with Crippen molar-refractivity contribution in [2.24, 2.45) is 0 Å². The minimum atomic E-state index is -0.928. The summed E-state index contributed by atoms with van der Waals surface area (Å²) in [5, 5.41) is 15.6. The number of ether oxygens (including phenoxy) is 1. The molecule has 1 N–H and O–H groups in total. The SMILES string of the molecule is O=C1c2c(O)c(=O)ccn2N([C@@H]2c3ccc(F)c(F)c3CSc3c2ccc2sccc32)[C@@H]2COCCN12. The smallest absolute Gasteiger partial charge is 0.278 e. The molecule has 0 aliphatic carbocycles. The maximum absolute atomic E-state index is 15.3. The zero-order valence-corrected chi connectivity index (χ0v) is 20.8. The van der Waals surface area contributed by atoms with E-state index in [9.17, 15) is 19.1 Å². The highest BCUT2D eigenvalue weighted by atomic mass is 32.2. The van der Waals surface area contributed by atoms with E-state index in [0.29, 0.717) is 12.2 Å². The molecule has 3 aliphatic heterocycles. The Kier molecular flexibility index (Phi) is 5.11. The number of morpholine rings is 1. The molecule has 11 heteroatoms. The van der Waals surface area contributed by atoms with Gasteiger partial charge in [0.2, 0.25) is 5.43 Å². The number of thioether (sulfide) groups is 1. The molecule has 7 rings (SSSR count). The van der Waals surface area contributed by atoms with Crippen LogP contribution in [0.5, 0.6) is 5.75 Å². The molecule has 3 aliphatic rings. The highest BCUT2D eigenvalue weighted by Gasteiger charge is 2.46. The van der Waals surface area contributed by atoms with Gasteiger partial charge < -0.3 is 14.7 Å². The van der Waals surface area contributed by atoms with E-state index in [4.69, 9.17) is 4.74 Å². The third-order valence-corrected chi connectivity index (χ3v) is 9.30. The molecule has 7 nitrogen and oxygen atoms in total. The fourth-order valence-corrected chi connectivity index (χ4v) is 7.67. The average molecular weight is 540 g/mol. The van der Waals surface area contributed by atoms with Crippen molar-refractivity contribution in [1.82, 2.24) is 9.58 Å². The molecule has 2 aromatic carbocycles. The number of nitrogens with zero attached hydrogens (tertiary/aromatic N) is 3. The van der Waals surface area contributed by atoms with Gasteiger partial charge in [-0.05, 0) is 34.7 Å². The number of aromatic hydroxyl groups is 1. The van der Waals surface area contributed by atoms with Crippen molar-refractivity contribution in [1.29, 1.82) is 0 Å². The van der Waals surface area contributed by atoms with Gasteiger partial charge in [0.15, 0.2) is 23.1 Å². The normalized spacial score (nSPS) is 20.8. The number of carbonyl (C=O) groups is 1. The van der Waals surface area contributed by atoms with E-state index >= 15 is 4.39 Å². The fraction of sp³-hybridized carbons (Fsp3) is 0.231. The Morgan fingerprint density at radius 2 is 1.89 bits per heavy atom. The molecule has 0 bridgehead atoms. The first kappa shape index (κ1) is 22.8. The summed E-state index contributed by atoms with van der Waals surface area (Å²) in [6.45, 7) is 0.721. The number of benzene rings is 2. The van der Waals surface area contributed by atoms with Gasteiger partial charge in [-0.2, -0.15) is 0 Å². The lowest BCUT2D eigenvalue weighted by molar-refractivity contribution is -0.0197. The van der Waals surface area contributed by atoms with Crippen molar-refractivity contribution in [3.05, 3.63) is 92.2 Å². The minimum absolute atomic E-state index is 0.162. The van der Waals surface area contributed by atoms with Crippen molar-refractivity contribution < 1.29 is 23.4 Å². The highest BCUT2D eigenvalue weighted by molar-refractivity contribution is 7.98. The maximum atomic E-state index is 15.3. The third kappa shape index (κ3) is 3.20. The maximum Gasteiger partial charge on any atom is 0.278 e. The number of hydrogen-bond acceptors (Lipinski definition) is 7. The average Bonchev–Trinajstić information content (AvgIpc) is 3.32. The van der Waals surface area contributed by atoms with Crippen LogP contribution >= 0.6 is 23.1 Å². The van der Waals surface area contributed by atoms with Gasteiger partial charge in [-0.15, -0.1) is 23.1 Å². The Hall–Kier alpha value is -3.41. The predicted octanol–water partition coefficient (Wildman–Crippen LogP) is 4.19. The number of aromatic nitrogens is 1. The van der Waals surface area contributed by atoms with Crippen LogP contribution in [0.15, 0.2) is 57.7 Å². The van der Waals surface area contributed by atoms with Crippen LogP contribution in [0.4, 0.5) is 8.78 Å². The van der Waals surface area contributed by atoms with E-state index in [0.717, 1.165) is 26.6 Å². The van der Waals surface area contributed by atoms with E-state index in [2.05, 4.69) is 0 Å². The second kappa shape index (κ2) is 8.30. The van der Waals surface area contributed by atoms with Crippen LogP contribution in [0, 0.1) is 11.6 Å². The quantitative estimate of drug-likeness (QED) is 0.391. The van der Waals surface area contributed by atoms with Crippen LogP contribution in [0.3, 0.4) is 0 Å². The Morgan fingerprint density at radius 1 is 1.05 bits per heavy atom. The van der Waals surface area contributed by atoms with Gasteiger partial charge in [0.25, 0.3) is 5.91 Å². The molecular formula is C26H19F2N3O4S2. The van der Waals surface area contributed by atoms with Crippen LogP contribution in [0.2, 0.25) is 0 Å². The Labute approximate surface area is 217 Å². The number of hydrogen-bond donors (Lipinski definition) is 1. The number of fused-ring (bicyclic) bond motifs is 6. The largest absolute Gasteiger partial charge is 0.502 e. The number of carbonyl (C=O) groups excluding carboxylic acids is 1. The number of halogens is 2. The van der Waals surface area contributed by atoms with Crippen LogP contribution in [-0.2, 0) is 10.5 Å². The first-order valence-electron chi connectivity index (χ1n) is 11.7. The second-order valence-corrected chi connectivity index (χ2v) is 11.0. The van der Waals surface area contributed by atoms with Crippen LogP contribution in [0.1, 0.15) is 33.2 Å². The van der Waals surface area contributed by atoms with E-state index in [1.165, 1.54) is 28.7 Å². The van der Waals surface area contributed by atoms with Crippen molar-refractivity contribution in [2.75, 3.05) is 24.8 Å². The molecule has 5 heterocycles. The van der Waals surface area contributed by atoms with Crippen LogP contribution < -0.4 is 10.4 Å². The molecule has 4 aromatic rings. The Balaban J connectivity index is 1.57. The molecule has 2 atom stereocenters. The monoisotopic (exact) mass is 539 g/mol. The molecule has 0 radical (unpaired) electrons. The first-order valence-corrected chi connectivity index (χ1v) is 13.5. The van der Waals surface area contributed by atoms with Crippen molar-refractivity contribution in [2.45, 2.75) is 22.9 Å². The summed E-state index contributed by atoms with van der Waals surface area (Å²) in [6.07, 6.45) is 0.831. The zero-order valence-electron chi connectivity index (χ0n) is 19.2. The van der Waals surface area contributed by atoms with E-state index in [1.54, 1.807) is 22.3 Å². The molecule has 1 fully saturated rings.